The number of amides is 1. The van der Waals surface area contributed by atoms with E-state index in [2.05, 4.69) is 16.4 Å². The topological polar surface area (TPSA) is 115 Å². The van der Waals surface area contributed by atoms with Gasteiger partial charge in [0, 0.05) is 29.4 Å². The Morgan fingerprint density at radius 2 is 1.89 bits per heavy atom. The van der Waals surface area contributed by atoms with Crippen LogP contribution in [0.2, 0.25) is 0 Å². The summed E-state index contributed by atoms with van der Waals surface area (Å²) in [6.07, 6.45) is 8.24. The average Bonchev–Trinajstić information content (AvgIpc) is 2.92. The number of fused-ring (bicyclic) bond motifs is 7. The second kappa shape index (κ2) is 14.1. The predicted octanol–water partition coefficient (Wildman–Crippen LogP) is 4.93. The van der Waals surface area contributed by atoms with Crippen LogP contribution in [0, 0.1) is 0 Å². The smallest absolute Gasteiger partial charge is 0.243 e. The standard InChI is InChI=1S/C28H32N4O5/c33-27(32-34)9-2-1-3-16-37-26-11-10-24-18-23(26)20-36-15-5-4-14-35-19-21-7-6-8-22(17-21)25-12-13-29-28(30-24)31-25/h4-8,10-13,17-18,34H,1-3,9,14-16,19-20H2,(H,32,33)(H,29,30,31)/b5-4+. The highest BCUT2D eigenvalue weighted by atomic mass is 16.5. The average molecular weight is 505 g/mol. The second-order valence-corrected chi connectivity index (χ2v) is 8.61. The van der Waals surface area contributed by atoms with Gasteiger partial charge in [0.05, 0.1) is 38.7 Å². The van der Waals surface area contributed by atoms with Crippen molar-refractivity contribution in [3.05, 3.63) is 78.0 Å². The molecule has 0 unspecified atom stereocenters. The molecule has 0 saturated carbocycles. The highest BCUT2D eigenvalue weighted by Gasteiger charge is 2.09. The van der Waals surface area contributed by atoms with Gasteiger partial charge in [0.1, 0.15) is 5.75 Å². The summed E-state index contributed by atoms with van der Waals surface area (Å²) in [5.74, 6) is 0.867. The van der Waals surface area contributed by atoms with Crippen LogP contribution in [-0.4, -0.2) is 40.9 Å². The number of nitrogens with zero attached hydrogens (tertiary/aromatic N) is 2. The molecule has 1 aliphatic rings. The Balaban J connectivity index is 1.48. The molecule has 2 heterocycles. The Labute approximate surface area is 216 Å². The van der Waals surface area contributed by atoms with Crippen LogP contribution >= 0.6 is 0 Å². The summed E-state index contributed by atoms with van der Waals surface area (Å²) in [5.41, 5.74) is 6.28. The molecule has 9 heteroatoms. The van der Waals surface area contributed by atoms with E-state index in [-0.39, 0.29) is 5.91 Å². The summed E-state index contributed by atoms with van der Waals surface area (Å²) in [4.78, 5) is 20.2. The molecule has 3 aromatic rings. The maximum Gasteiger partial charge on any atom is 0.243 e. The zero-order chi connectivity index (χ0) is 25.7. The first-order valence-electron chi connectivity index (χ1n) is 12.4. The van der Waals surface area contributed by atoms with Gasteiger partial charge < -0.3 is 19.5 Å². The maximum absolute atomic E-state index is 11.1. The van der Waals surface area contributed by atoms with Crippen LogP contribution in [0.5, 0.6) is 5.75 Å². The van der Waals surface area contributed by atoms with Gasteiger partial charge in [0.2, 0.25) is 11.9 Å². The van der Waals surface area contributed by atoms with Crippen molar-refractivity contribution in [2.75, 3.05) is 25.1 Å². The van der Waals surface area contributed by atoms with Crippen LogP contribution in [0.3, 0.4) is 0 Å². The molecule has 1 amide bonds. The van der Waals surface area contributed by atoms with E-state index in [0.717, 1.165) is 46.7 Å². The van der Waals surface area contributed by atoms with Crippen molar-refractivity contribution < 1.29 is 24.2 Å². The van der Waals surface area contributed by atoms with E-state index in [1.165, 1.54) is 0 Å². The van der Waals surface area contributed by atoms with Gasteiger partial charge in [0.15, 0.2) is 0 Å². The van der Waals surface area contributed by atoms with Crippen molar-refractivity contribution in [1.29, 1.82) is 0 Å². The number of nitrogens with one attached hydrogen (secondary N) is 2. The van der Waals surface area contributed by atoms with E-state index in [1.807, 2.05) is 54.6 Å². The maximum atomic E-state index is 11.1. The number of carbonyl (C=O) groups excluding carboxylic acids is 1. The highest BCUT2D eigenvalue weighted by molar-refractivity contribution is 5.74. The van der Waals surface area contributed by atoms with Crippen molar-refractivity contribution in [2.45, 2.75) is 38.9 Å². The lowest BCUT2D eigenvalue weighted by atomic mass is 10.1. The molecular weight excluding hydrogens is 472 g/mol. The highest BCUT2D eigenvalue weighted by Crippen LogP contribution is 2.27. The first-order valence-corrected chi connectivity index (χ1v) is 12.4. The number of carbonyl (C=O) groups is 1. The zero-order valence-corrected chi connectivity index (χ0v) is 20.7. The van der Waals surface area contributed by atoms with Gasteiger partial charge in [-0.15, -0.1) is 0 Å². The number of unbranched alkanes of at least 4 members (excludes halogenated alkanes) is 2. The van der Waals surface area contributed by atoms with E-state index in [0.29, 0.717) is 51.8 Å². The first kappa shape index (κ1) is 26.3. The Morgan fingerprint density at radius 1 is 1.03 bits per heavy atom. The van der Waals surface area contributed by atoms with E-state index in [9.17, 15) is 4.79 Å². The summed E-state index contributed by atoms with van der Waals surface area (Å²) < 4.78 is 17.7. The number of hydrogen-bond acceptors (Lipinski definition) is 8. The fourth-order valence-electron chi connectivity index (χ4n) is 3.86. The lowest BCUT2D eigenvalue weighted by molar-refractivity contribution is -0.129. The Kier molecular flexibility index (Phi) is 10.00. The van der Waals surface area contributed by atoms with Gasteiger partial charge in [-0.25, -0.2) is 15.4 Å². The Hall–Kier alpha value is -3.79. The van der Waals surface area contributed by atoms with Gasteiger partial charge in [-0.1, -0.05) is 30.4 Å². The molecule has 1 aliphatic heterocycles. The lowest BCUT2D eigenvalue weighted by Crippen LogP contribution is -2.17. The van der Waals surface area contributed by atoms with Crippen molar-refractivity contribution >= 4 is 17.5 Å². The molecule has 0 atom stereocenters. The van der Waals surface area contributed by atoms with E-state index < -0.39 is 0 Å². The quantitative estimate of drug-likeness (QED) is 0.180. The third-order valence-corrected chi connectivity index (χ3v) is 5.75. The van der Waals surface area contributed by atoms with E-state index in [4.69, 9.17) is 24.4 Å². The van der Waals surface area contributed by atoms with E-state index >= 15 is 0 Å². The molecule has 194 valence electrons. The number of hydrogen-bond donors (Lipinski definition) is 3. The zero-order valence-electron chi connectivity index (χ0n) is 20.7. The summed E-state index contributed by atoms with van der Waals surface area (Å²) in [7, 11) is 0. The molecule has 0 spiro atoms. The minimum Gasteiger partial charge on any atom is -0.493 e. The molecule has 9 nitrogen and oxygen atoms in total. The van der Waals surface area contributed by atoms with Crippen LogP contribution in [0.15, 0.2) is 66.9 Å². The van der Waals surface area contributed by atoms with E-state index in [1.54, 1.807) is 11.7 Å². The number of aromatic nitrogens is 2. The van der Waals surface area contributed by atoms with Crippen molar-refractivity contribution in [3.63, 3.8) is 0 Å². The fourth-order valence-corrected chi connectivity index (χ4v) is 3.86. The number of rotatable bonds is 7. The summed E-state index contributed by atoms with van der Waals surface area (Å²) in [6.45, 7) is 2.35. The number of benzene rings is 2. The van der Waals surface area contributed by atoms with Gasteiger partial charge >= 0.3 is 0 Å². The molecule has 6 bridgehead atoms. The summed E-state index contributed by atoms with van der Waals surface area (Å²) in [6, 6.07) is 15.8. The third kappa shape index (κ3) is 8.38. The summed E-state index contributed by atoms with van der Waals surface area (Å²) >= 11 is 0. The van der Waals surface area contributed by atoms with Gasteiger partial charge in [-0.2, -0.15) is 0 Å². The molecule has 3 N–H and O–H groups in total. The molecule has 4 rings (SSSR count). The fraction of sp³-hybridized carbons (Fsp3) is 0.321. The number of anilines is 2. The molecule has 37 heavy (non-hydrogen) atoms. The van der Waals surface area contributed by atoms with Gasteiger partial charge in [-0.3, -0.25) is 10.0 Å². The molecular formula is C28H32N4O5. The minimum atomic E-state index is -0.371. The first-order chi connectivity index (χ1) is 18.2. The Morgan fingerprint density at radius 3 is 2.76 bits per heavy atom. The largest absolute Gasteiger partial charge is 0.493 e. The van der Waals surface area contributed by atoms with Crippen LogP contribution in [0.25, 0.3) is 11.3 Å². The predicted molar refractivity (Wildman–Crippen MR) is 140 cm³/mol. The SMILES string of the molecule is O=C(CCCCCOc1ccc2cc1COC/C=C/COCc1cccc(c1)-c1ccnc(n1)N2)NO. The molecule has 0 aliphatic carbocycles. The van der Waals surface area contributed by atoms with Crippen LogP contribution in [0.4, 0.5) is 11.6 Å². The molecule has 1 aromatic heterocycles. The summed E-state index contributed by atoms with van der Waals surface area (Å²) in [5, 5.41) is 11.9. The van der Waals surface area contributed by atoms with Crippen LogP contribution in [0.1, 0.15) is 36.8 Å². The normalized spacial score (nSPS) is 14.5. The third-order valence-electron chi connectivity index (χ3n) is 5.75. The lowest BCUT2D eigenvalue weighted by Gasteiger charge is -2.14. The number of hydroxylamine groups is 1. The molecule has 0 radical (unpaired) electrons. The van der Waals surface area contributed by atoms with Crippen LogP contribution < -0.4 is 15.5 Å². The molecule has 0 fully saturated rings. The molecule has 0 saturated heterocycles. The number of ether oxygens (including phenoxy) is 3. The van der Waals surface area contributed by atoms with Crippen molar-refractivity contribution in [1.82, 2.24) is 15.4 Å². The molecule has 2 aromatic carbocycles. The van der Waals surface area contributed by atoms with Gasteiger partial charge in [0.25, 0.3) is 0 Å². The van der Waals surface area contributed by atoms with Gasteiger partial charge in [-0.05, 0) is 55.2 Å². The monoisotopic (exact) mass is 504 g/mol. The Bertz CT molecular complexity index is 1200. The van der Waals surface area contributed by atoms with Crippen LogP contribution in [-0.2, 0) is 27.5 Å². The second-order valence-electron chi connectivity index (χ2n) is 8.61. The van der Waals surface area contributed by atoms with Crippen molar-refractivity contribution in [3.8, 4) is 17.0 Å². The minimum absolute atomic E-state index is 0.295. The van der Waals surface area contributed by atoms with Crippen molar-refractivity contribution in [2.24, 2.45) is 0 Å².